The van der Waals surface area contributed by atoms with Gasteiger partial charge in [-0.3, -0.25) is 0 Å². The molecule has 0 bridgehead atoms. The van der Waals surface area contributed by atoms with E-state index in [0.717, 1.165) is 49.6 Å². The summed E-state index contributed by atoms with van der Waals surface area (Å²) in [5, 5.41) is 7.07. The smallest absolute Gasteiger partial charge is 0.170 e. The third-order valence-corrected chi connectivity index (χ3v) is 4.01. The summed E-state index contributed by atoms with van der Waals surface area (Å²) in [6.45, 7) is 6.32. The Bertz CT molecular complexity index is 674. The Morgan fingerprint density at radius 1 is 1.00 bits per heavy atom. The van der Waals surface area contributed by atoms with E-state index < -0.39 is 0 Å². The lowest BCUT2D eigenvalue weighted by atomic mass is 10.1. The molecule has 0 unspecified atom stereocenters. The highest BCUT2D eigenvalue weighted by molar-refractivity contribution is 7.80. The maximum absolute atomic E-state index is 5.80. The summed E-state index contributed by atoms with van der Waals surface area (Å²) in [6.07, 6.45) is 2.96. The van der Waals surface area contributed by atoms with E-state index in [-0.39, 0.29) is 0 Å². The predicted octanol–water partition coefficient (Wildman–Crippen LogP) is 4.79. The molecule has 2 N–H and O–H groups in total. The van der Waals surface area contributed by atoms with Gasteiger partial charge < -0.3 is 20.1 Å². The first-order valence-electron chi connectivity index (χ1n) is 9.21. The molecule has 2 aromatic rings. The molecule has 4 nitrogen and oxygen atoms in total. The van der Waals surface area contributed by atoms with Crippen LogP contribution in [0.1, 0.15) is 32.3 Å². The number of thiocarbonyl (C=S) groups is 1. The van der Waals surface area contributed by atoms with E-state index in [1.807, 2.05) is 43.3 Å². The lowest BCUT2D eigenvalue weighted by molar-refractivity contribution is 0.314. The second-order valence-electron chi connectivity index (χ2n) is 5.90. The van der Waals surface area contributed by atoms with Crippen LogP contribution < -0.4 is 20.1 Å². The Balaban J connectivity index is 1.71. The Hall–Kier alpha value is -2.27. The third-order valence-electron chi connectivity index (χ3n) is 3.77. The maximum atomic E-state index is 5.80. The van der Waals surface area contributed by atoms with Gasteiger partial charge in [-0.1, -0.05) is 25.1 Å². The van der Waals surface area contributed by atoms with Crippen molar-refractivity contribution in [2.24, 2.45) is 0 Å². The molecule has 0 aliphatic heterocycles. The average Bonchev–Trinajstić information content (AvgIpc) is 2.66. The van der Waals surface area contributed by atoms with Gasteiger partial charge >= 0.3 is 0 Å². The normalized spacial score (nSPS) is 10.2. The number of nitrogens with one attached hydrogen (secondary N) is 2. The molecule has 2 aromatic carbocycles. The van der Waals surface area contributed by atoms with Gasteiger partial charge in [0.2, 0.25) is 0 Å². The Kier molecular flexibility index (Phi) is 8.76. The van der Waals surface area contributed by atoms with E-state index in [2.05, 4.69) is 29.7 Å². The number of hydrogen-bond donors (Lipinski definition) is 2. The van der Waals surface area contributed by atoms with Crippen molar-refractivity contribution in [3.05, 3.63) is 54.1 Å². The van der Waals surface area contributed by atoms with Crippen molar-refractivity contribution >= 4 is 23.0 Å². The van der Waals surface area contributed by atoms with Crippen LogP contribution in [-0.4, -0.2) is 24.9 Å². The van der Waals surface area contributed by atoms with Crippen LogP contribution in [0.15, 0.2) is 48.5 Å². The van der Waals surface area contributed by atoms with E-state index in [1.165, 1.54) is 5.56 Å². The Labute approximate surface area is 161 Å². The van der Waals surface area contributed by atoms with E-state index >= 15 is 0 Å². The first-order valence-corrected chi connectivity index (χ1v) is 9.62. The molecule has 0 saturated carbocycles. The predicted molar refractivity (Wildman–Crippen MR) is 112 cm³/mol. The lowest BCUT2D eigenvalue weighted by Crippen LogP contribution is -2.29. The fourth-order valence-corrected chi connectivity index (χ4v) is 2.74. The standard InChI is InChI=1S/C21H28N2O2S/c1-3-16-25-20-10-6-5-8-17(20)9-7-15-22-21(26)23-18-11-13-19(14-12-18)24-4-2/h5-6,8,10-14H,3-4,7,9,15-16H2,1-2H3,(H2,22,23,26). The van der Waals surface area contributed by atoms with Gasteiger partial charge in [-0.05, 0) is 74.3 Å². The molecule has 0 amide bonds. The fourth-order valence-electron chi connectivity index (χ4n) is 2.52. The first-order chi connectivity index (χ1) is 12.7. The maximum Gasteiger partial charge on any atom is 0.170 e. The van der Waals surface area contributed by atoms with Gasteiger partial charge in [-0.15, -0.1) is 0 Å². The van der Waals surface area contributed by atoms with Crippen molar-refractivity contribution in [2.75, 3.05) is 25.1 Å². The quantitative estimate of drug-likeness (QED) is 0.463. The third kappa shape index (κ3) is 6.92. The minimum atomic E-state index is 0.629. The molecule has 2 rings (SSSR count). The number of para-hydroxylation sites is 1. The van der Waals surface area contributed by atoms with Gasteiger partial charge in [0.25, 0.3) is 0 Å². The summed E-state index contributed by atoms with van der Waals surface area (Å²) in [6, 6.07) is 16.0. The summed E-state index contributed by atoms with van der Waals surface area (Å²) < 4.78 is 11.2. The molecule has 0 atom stereocenters. The fraction of sp³-hybridized carbons (Fsp3) is 0.381. The first kappa shape index (κ1) is 20.0. The summed E-state index contributed by atoms with van der Waals surface area (Å²) in [7, 11) is 0. The number of anilines is 1. The Morgan fingerprint density at radius 2 is 1.77 bits per heavy atom. The van der Waals surface area contributed by atoms with Gasteiger partial charge in [0.05, 0.1) is 13.2 Å². The zero-order chi connectivity index (χ0) is 18.6. The van der Waals surface area contributed by atoms with Crippen LogP contribution in [0, 0.1) is 0 Å². The van der Waals surface area contributed by atoms with E-state index in [0.29, 0.717) is 11.7 Å². The topological polar surface area (TPSA) is 42.5 Å². The van der Waals surface area contributed by atoms with Gasteiger partial charge in [-0.2, -0.15) is 0 Å². The van der Waals surface area contributed by atoms with Gasteiger partial charge in [0, 0.05) is 12.2 Å². The van der Waals surface area contributed by atoms with Gasteiger partial charge in [0.15, 0.2) is 5.11 Å². The average molecular weight is 373 g/mol. The number of rotatable bonds is 10. The van der Waals surface area contributed by atoms with Gasteiger partial charge in [0.1, 0.15) is 11.5 Å². The lowest BCUT2D eigenvalue weighted by Gasteiger charge is -2.13. The second kappa shape index (κ2) is 11.4. The minimum Gasteiger partial charge on any atom is -0.494 e. The summed E-state index contributed by atoms with van der Waals surface area (Å²) in [4.78, 5) is 0. The zero-order valence-corrected chi connectivity index (χ0v) is 16.4. The minimum absolute atomic E-state index is 0.629. The van der Waals surface area contributed by atoms with Crippen LogP contribution in [0.3, 0.4) is 0 Å². The highest BCUT2D eigenvalue weighted by atomic mass is 32.1. The van der Waals surface area contributed by atoms with E-state index in [9.17, 15) is 0 Å². The number of hydrogen-bond acceptors (Lipinski definition) is 3. The number of benzene rings is 2. The van der Waals surface area contributed by atoms with Crippen molar-refractivity contribution in [2.45, 2.75) is 33.1 Å². The van der Waals surface area contributed by atoms with Crippen LogP contribution in [-0.2, 0) is 6.42 Å². The highest BCUT2D eigenvalue weighted by Gasteiger charge is 2.03. The molecule has 0 aliphatic rings. The van der Waals surface area contributed by atoms with E-state index in [1.54, 1.807) is 0 Å². The molecule has 0 aromatic heterocycles. The molecular formula is C21H28N2O2S. The van der Waals surface area contributed by atoms with Crippen LogP contribution in [0.25, 0.3) is 0 Å². The second-order valence-corrected chi connectivity index (χ2v) is 6.31. The molecule has 0 radical (unpaired) electrons. The largest absolute Gasteiger partial charge is 0.494 e. The number of ether oxygens (including phenoxy) is 2. The van der Waals surface area contributed by atoms with Crippen LogP contribution >= 0.6 is 12.2 Å². The monoisotopic (exact) mass is 372 g/mol. The zero-order valence-electron chi connectivity index (χ0n) is 15.6. The molecule has 0 heterocycles. The number of aryl methyl sites for hydroxylation is 1. The summed E-state index contributed by atoms with van der Waals surface area (Å²) in [5.41, 5.74) is 2.19. The van der Waals surface area contributed by atoms with Crippen molar-refractivity contribution in [1.29, 1.82) is 0 Å². The van der Waals surface area contributed by atoms with Crippen LogP contribution in [0.2, 0.25) is 0 Å². The van der Waals surface area contributed by atoms with Crippen molar-refractivity contribution in [1.82, 2.24) is 5.32 Å². The summed E-state index contributed by atoms with van der Waals surface area (Å²) in [5.74, 6) is 1.85. The molecule has 5 heteroatoms. The molecule has 0 spiro atoms. The Morgan fingerprint density at radius 3 is 2.50 bits per heavy atom. The summed E-state index contributed by atoms with van der Waals surface area (Å²) >= 11 is 5.36. The molecule has 26 heavy (non-hydrogen) atoms. The van der Waals surface area contributed by atoms with Crippen molar-refractivity contribution in [3.63, 3.8) is 0 Å². The van der Waals surface area contributed by atoms with Crippen molar-refractivity contribution in [3.8, 4) is 11.5 Å². The van der Waals surface area contributed by atoms with Gasteiger partial charge in [-0.25, -0.2) is 0 Å². The molecule has 0 fully saturated rings. The van der Waals surface area contributed by atoms with Crippen LogP contribution in [0.4, 0.5) is 5.69 Å². The molecule has 0 aliphatic carbocycles. The van der Waals surface area contributed by atoms with Crippen LogP contribution in [0.5, 0.6) is 11.5 Å². The molecular weight excluding hydrogens is 344 g/mol. The molecule has 0 saturated heterocycles. The van der Waals surface area contributed by atoms with E-state index in [4.69, 9.17) is 21.7 Å². The SMILES string of the molecule is CCCOc1ccccc1CCCNC(=S)Nc1ccc(OCC)cc1. The van der Waals surface area contributed by atoms with Crippen molar-refractivity contribution < 1.29 is 9.47 Å². The highest BCUT2D eigenvalue weighted by Crippen LogP contribution is 2.19. The molecule has 140 valence electrons.